The Morgan fingerprint density at radius 2 is 2.11 bits per heavy atom. The predicted octanol–water partition coefficient (Wildman–Crippen LogP) is 2.08. The Bertz CT molecular complexity index is 808. The molecule has 7 heteroatoms. The lowest BCUT2D eigenvalue weighted by Crippen LogP contribution is -2.50. The zero-order valence-electron chi connectivity index (χ0n) is 15.4. The molecule has 4 amide bonds. The zero-order chi connectivity index (χ0) is 19.2. The molecule has 2 heterocycles. The zero-order valence-corrected chi connectivity index (χ0v) is 15.4. The van der Waals surface area contributed by atoms with Gasteiger partial charge in [-0.05, 0) is 60.8 Å². The highest BCUT2D eigenvalue weighted by Crippen LogP contribution is 2.43. The molecule has 4 rings (SSSR count). The number of amides is 4. The number of halogens is 1. The summed E-state index contributed by atoms with van der Waals surface area (Å²) in [6.07, 6.45) is 3.01. The fourth-order valence-electron chi connectivity index (χ4n) is 4.47. The number of imide groups is 1. The SMILES string of the molecule is CC1CN(C(=O)CC[C@@]2(C3CC3)NC(=O)NC2=O)CCc2ccc(F)cc21. The number of rotatable bonds is 4. The van der Waals surface area contributed by atoms with Crippen molar-refractivity contribution in [2.24, 2.45) is 5.92 Å². The quantitative estimate of drug-likeness (QED) is 0.793. The second-order valence-electron chi connectivity index (χ2n) is 7.99. The average molecular weight is 373 g/mol. The van der Waals surface area contributed by atoms with E-state index < -0.39 is 11.6 Å². The van der Waals surface area contributed by atoms with Gasteiger partial charge in [0.15, 0.2) is 0 Å². The van der Waals surface area contributed by atoms with E-state index in [-0.39, 0.29) is 35.9 Å². The molecule has 2 N–H and O–H groups in total. The lowest BCUT2D eigenvalue weighted by Gasteiger charge is -2.28. The van der Waals surface area contributed by atoms with Crippen LogP contribution in [0.3, 0.4) is 0 Å². The van der Waals surface area contributed by atoms with Gasteiger partial charge in [-0.2, -0.15) is 0 Å². The van der Waals surface area contributed by atoms with Crippen LogP contribution in [0.1, 0.15) is 49.7 Å². The van der Waals surface area contributed by atoms with Crippen LogP contribution in [-0.4, -0.2) is 41.4 Å². The van der Waals surface area contributed by atoms with Gasteiger partial charge in [0.25, 0.3) is 5.91 Å². The minimum Gasteiger partial charge on any atom is -0.342 e. The third-order valence-electron chi connectivity index (χ3n) is 6.11. The first-order chi connectivity index (χ1) is 12.9. The van der Waals surface area contributed by atoms with Gasteiger partial charge in [-0.25, -0.2) is 9.18 Å². The van der Waals surface area contributed by atoms with Crippen molar-refractivity contribution in [1.29, 1.82) is 0 Å². The number of hydrogen-bond donors (Lipinski definition) is 2. The minimum atomic E-state index is -0.934. The summed E-state index contributed by atoms with van der Waals surface area (Å²) in [6.45, 7) is 3.11. The molecule has 1 saturated heterocycles. The molecular weight excluding hydrogens is 349 g/mol. The summed E-state index contributed by atoms with van der Waals surface area (Å²) in [5, 5.41) is 5.08. The molecule has 0 bridgehead atoms. The minimum absolute atomic E-state index is 0.0240. The van der Waals surface area contributed by atoms with Crippen molar-refractivity contribution in [3.63, 3.8) is 0 Å². The Hall–Kier alpha value is -2.44. The lowest BCUT2D eigenvalue weighted by molar-refractivity contribution is -0.132. The number of nitrogens with one attached hydrogen (secondary N) is 2. The van der Waals surface area contributed by atoms with E-state index in [0.29, 0.717) is 25.9 Å². The van der Waals surface area contributed by atoms with Crippen LogP contribution >= 0.6 is 0 Å². The van der Waals surface area contributed by atoms with E-state index in [9.17, 15) is 18.8 Å². The molecule has 1 unspecified atom stereocenters. The third kappa shape index (κ3) is 3.31. The summed E-state index contributed by atoms with van der Waals surface area (Å²) >= 11 is 0. The molecule has 27 heavy (non-hydrogen) atoms. The van der Waals surface area contributed by atoms with Crippen LogP contribution in [0.15, 0.2) is 18.2 Å². The lowest BCUT2D eigenvalue weighted by atomic mass is 9.87. The summed E-state index contributed by atoms with van der Waals surface area (Å²) in [5.74, 6) is -0.421. The van der Waals surface area contributed by atoms with Crippen LogP contribution in [0.5, 0.6) is 0 Å². The highest BCUT2D eigenvalue weighted by molar-refractivity contribution is 6.07. The van der Waals surface area contributed by atoms with E-state index in [1.54, 1.807) is 17.0 Å². The van der Waals surface area contributed by atoms with Crippen LogP contribution in [0.25, 0.3) is 0 Å². The topological polar surface area (TPSA) is 78.5 Å². The molecular formula is C20H24FN3O3. The van der Waals surface area contributed by atoms with Crippen molar-refractivity contribution in [2.45, 2.75) is 50.5 Å². The van der Waals surface area contributed by atoms with Crippen LogP contribution in [-0.2, 0) is 16.0 Å². The highest BCUT2D eigenvalue weighted by atomic mass is 19.1. The molecule has 1 aromatic rings. The fraction of sp³-hybridized carbons (Fsp3) is 0.550. The van der Waals surface area contributed by atoms with Gasteiger partial charge in [0, 0.05) is 19.5 Å². The van der Waals surface area contributed by atoms with Crippen molar-refractivity contribution in [1.82, 2.24) is 15.5 Å². The molecule has 1 aliphatic carbocycles. The summed E-state index contributed by atoms with van der Waals surface area (Å²) in [7, 11) is 0. The van der Waals surface area contributed by atoms with Gasteiger partial charge in [0.05, 0.1) is 0 Å². The molecule has 2 aliphatic heterocycles. The predicted molar refractivity (Wildman–Crippen MR) is 96.5 cm³/mol. The van der Waals surface area contributed by atoms with Crippen molar-refractivity contribution in [2.75, 3.05) is 13.1 Å². The number of benzene rings is 1. The van der Waals surface area contributed by atoms with Gasteiger partial charge in [-0.15, -0.1) is 0 Å². The molecule has 0 aromatic heterocycles. The van der Waals surface area contributed by atoms with Crippen LogP contribution < -0.4 is 10.6 Å². The monoisotopic (exact) mass is 373 g/mol. The molecule has 1 aromatic carbocycles. The smallest absolute Gasteiger partial charge is 0.322 e. The molecule has 3 aliphatic rings. The highest BCUT2D eigenvalue weighted by Gasteiger charge is 2.55. The van der Waals surface area contributed by atoms with Crippen molar-refractivity contribution >= 4 is 17.8 Å². The van der Waals surface area contributed by atoms with Crippen LogP contribution in [0.4, 0.5) is 9.18 Å². The fourth-order valence-corrected chi connectivity index (χ4v) is 4.47. The number of hydrogen-bond acceptors (Lipinski definition) is 3. The Balaban J connectivity index is 1.43. The third-order valence-corrected chi connectivity index (χ3v) is 6.11. The second-order valence-corrected chi connectivity index (χ2v) is 7.99. The molecule has 2 fully saturated rings. The first kappa shape index (κ1) is 17.9. The Kier molecular flexibility index (Phi) is 4.40. The number of urea groups is 1. The number of fused-ring (bicyclic) bond motifs is 1. The molecule has 1 saturated carbocycles. The molecule has 2 atom stereocenters. The summed E-state index contributed by atoms with van der Waals surface area (Å²) in [6, 6.07) is 4.36. The Morgan fingerprint density at radius 1 is 1.33 bits per heavy atom. The van der Waals surface area contributed by atoms with Crippen LogP contribution in [0, 0.1) is 11.7 Å². The maximum atomic E-state index is 13.6. The average Bonchev–Trinajstić information content (AvgIpc) is 3.44. The van der Waals surface area contributed by atoms with Gasteiger partial charge in [-0.3, -0.25) is 14.9 Å². The number of carbonyl (C=O) groups excluding carboxylic acids is 3. The van der Waals surface area contributed by atoms with E-state index in [0.717, 1.165) is 24.0 Å². The summed E-state index contributed by atoms with van der Waals surface area (Å²) in [4.78, 5) is 38.6. The van der Waals surface area contributed by atoms with Gasteiger partial charge in [0.2, 0.25) is 5.91 Å². The summed E-state index contributed by atoms with van der Waals surface area (Å²) in [5.41, 5.74) is 1.11. The number of nitrogens with zero attached hydrogens (tertiary/aromatic N) is 1. The van der Waals surface area contributed by atoms with Crippen molar-refractivity contribution in [3.8, 4) is 0 Å². The standard InChI is InChI=1S/C20H24FN3O3/c1-12-11-24(9-7-13-2-5-15(21)10-16(12)13)17(25)6-8-20(14-3-4-14)18(26)22-19(27)23-20/h2,5,10,12,14H,3-4,6-9,11H2,1H3,(H2,22,23,26,27)/t12?,20-/m0/s1. The van der Waals surface area contributed by atoms with E-state index in [1.807, 2.05) is 6.92 Å². The number of carbonyl (C=O) groups is 3. The van der Waals surface area contributed by atoms with E-state index in [4.69, 9.17) is 0 Å². The normalized spacial score (nSPS) is 27.6. The second kappa shape index (κ2) is 6.62. The Labute approximate surface area is 157 Å². The largest absolute Gasteiger partial charge is 0.342 e. The van der Waals surface area contributed by atoms with Crippen LogP contribution in [0.2, 0.25) is 0 Å². The maximum Gasteiger partial charge on any atom is 0.322 e. The van der Waals surface area contributed by atoms with Gasteiger partial charge in [-0.1, -0.05) is 13.0 Å². The van der Waals surface area contributed by atoms with Gasteiger partial charge >= 0.3 is 6.03 Å². The van der Waals surface area contributed by atoms with Gasteiger partial charge in [0.1, 0.15) is 11.4 Å². The van der Waals surface area contributed by atoms with E-state index >= 15 is 0 Å². The van der Waals surface area contributed by atoms with E-state index in [2.05, 4.69) is 10.6 Å². The molecule has 144 valence electrons. The van der Waals surface area contributed by atoms with Gasteiger partial charge < -0.3 is 10.2 Å². The summed E-state index contributed by atoms with van der Waals surface area (Å²) < 4.78 is 13.6. The molecule has 6 nitrogen and oxygen atoms in total. The van der Waals surface area contributed by atoms with Crippen molar-refractivity contribution in [3.05, 3.63) is 35.1 Å². The Morgan fingerprint density at radius 3 is 2.78 bits per heavy atom. The first-order valence-corrected chi connectivity index (χ1v) is 9.59. The molecule has 0 spiro atoms. The maximum absolute atomic E-state index is 13.6. The van der Waals surface area contributed by atoms with Crippen molar-refractivity contribution < 1.29 is 18.8 Å². The molecule has 0 radical (unpaired) electrons. The van der Waals surface area contributed by atoms with E-state index in [1.165, 1.54) is 6.07 Å². The first-order valence-electron chi connectivity index (χ1n) is 9.59.